The number of anilines is 3. The maximum absolute atomic E-state index is 6.13. The van der Waals surface area contributed by atoms with Crippen LogP contribution in [0.2, 0.25) is 10.0 Å². The number of aromatic nitrogens is 3. The highest BCUT2D eigenvalue weighted by Crippen LogP contribution is 2.23. The lowest BCUT2D eigenvalue weighted by molar-refractivity contribution is 0.929. The van der Waals surface area contributed by atoms with Crippen molar-refractivity contribution in [2.75, 3.05) is 17.2 Å². The van der Waals surface area contributed by atoms with Crippen molar-refractivity contribution in [3.05, 3.63) is 70.3 Å². The van der Waals surface area contributed by atoms with E-state index in [0.717, 1.165) is 17.1 Å². The molecule has 2 aromatic carbocycles. The number of hydrogen-bond donors (Lipinski definition) is 2. The van der Waals surface area contributed by atoms with E-state index in [-0.39, 0.29) is 0 Å². The van der Waals surface area contributed by atoms with Crippen LogP contribution in [0, 0.1) is 0 Å². The average Bonchev–Trinajstić information content (AvgIpc) is 2.59. The summed E-state index contributed by atoms with van der Waals surface area (Å²) in [4.78, 5) is 4.38. The van der Waals surface area contributed by atoms with Crippen molar-refractivity contribution < 1.29 is 0 Å². The highest BCUT2D eigenvalue weighted by atomic mass is 35.5. The zero-order valence-corrected chi connectivity index (χ0v) is 14.2. The molecule has 5 nitrogen and oxygen atoms in total. The largest absolute Gasteiger partial charge is 0.353 e. The summed E-state index contributed by atoms with van der Waals surface area (Å²) in [7, 11) is 0. The van der Waals surface area contributed by atoms with Crippen LogP contribution in [0.1, 0.15) is 5.56 Å². The summed E-state index contributed by atoms with van der Waals surface area (Å²) < 4.78 is 0. The Kier molecular flexibility index (Phi) is 5.46. The Morgan fingerprint density at radius 3 is 2.54 bits per heavy atom. The van der Waals surface area contributed by atoms with Crippen LogP contribution in [0.5, 0.6) is 0 Å². The number of nitrogens with zero attached hydrogens (tertiary/aromatic N) is 3. The molecular weight excluding hydrogens is 345 g/mol. The van der Waals surface area contributed by atoms with Gasteiger partial charge in [0.25, 0.3) is 0 Å². The van der Waals surface area contributed by atoms with Crippen LogP contribution < -0.4 is 10.6 Å². The van der Waals surface area contributed by atoms with Gasteiger partial charge in [0.05, 0.1) is 16.9 Å². The van der Waals surface area contributed by atoms with Gasteiger partial charge in [0.1, 0.15) is 0 Å². The molecule has 0 radical (unpaired) electrons. The van der Waals surface area contributed by atoms with E-state index < -0.39 is 0 Å². The van der Waals surface area contributed by atoms with Crippen LogP contribution >= 0.6 is 23.2 Å². The molecule has 1 heterocycles. The molecule has 0 unspecified atom stereocenters. The first kappa shape index (κ1) is 16.5. The second-order valence-corrected chi connectivity index (χ2v) is 5.92. The van der Waals surface area contributed by atoms with E-state index in [2.05, 4.69) is 25.8 Å². The van der Waals surface area contributed by atoms with Gasteiger partial charge in [-0.3, -0.25) is 0 Å². The molecule has 0 aliphatic carbocycles. The summed E-state index contributed by atoms with van der Waals surface area (Å²) in [6, 6.07) is 15.2. The molecule has 0 fully saturated rings. The van der Waals surface area contributed by atoms with E-state index in [0.29, 0.717) is 23.3 Å². The summed E-state index contributed by atoms with van der Waals surface area (Å²) in [6.45, 7) is 0.693. The van der Waals surface area contributed by atoms with E-state index >= 15 is 0 Å². The quantitative estimate of drug-likeness (QED) is 0.674. The van der Waals surface area contributed by atoms with E-state index in [4.69, 9.17) is 23.2 Å². The Bertz CT molecular complexity index is 808. The molecule has 0 saturated heterocycles. The van der Waals surface area contributed by atoms with Gasteiger partial charge in [0, 0.05) is 11.6 Å². The molecule has 0 spiro atoms. The van der Waals surface area contributed by atoms with Gasteiger partial charge in [-0.1, -0.05) is 47.5 Å². The molecule has 2 N–H and O–H groups in total. The second-order valence-electron chi connectivity index (χ2n) is 5.07. The standard InChI is InChI=1S/C17H15Cl2N5/c18-13-7-5-12(6-8-13)9-10-20-17-23-16(11-21-24-17)22-15-4-2-1-3-14(15)19/h1-8,11H,9-10H2,(H2,20,22,23,24). The highest BCUT2D eigenvalue weighted by molar-refractivity contribution is 6.33. The molecule has 122 valence electrons. The first-order valence-electron chi connectivity index (χ1n) is 7.40. The van der Waals surface area contributed by atoms with Gasteiger partial charge < -0.3 is 10.6 Å². The second kappa shape index (κ2) is 7.95. The minimum absolute atomic E-state index is 0.459. The SMILES string of the molecule is Clc1ccc(CCNc2nncc(Nc3ccccc3Cl)n2)cc1. The summed E-state index contributed by atoms with van der Waals surface area (Å²) in [5, 5.41) is 15.6. The summed E-state index contributed by atoms with van der Waals surface area (Å²) in [5.41, 5.74) is 1.96. The molecule has 0 saturated carbocycles. The topological polar surface area (TPSA) is 62.7 Å². The molecule has 0 amide bonds. The van der Waals surface area contributed by atoms with Gasteiger partial charge >= 0.3 is 0 Å². The van der Waals surface area contributed by atoms with Gasteiger partial charge in [0.2, 0.25) is 5.95 Å². The third-order valence-corrected chi connectivity index (χ3v) is 3.89. The lowest BCUT2D eigenvalue weighted by atomic mass is 10.1. The van der Waals surface area contributed by atoms with Gasteiger partial charge in [0.15, 0.2) is 5.82 Å². The molecule has 3 rings (SSSR count). The minimum atomic E-state index is 0.459. The van der Waals surface area contributed by atoms with E-state index in [1.54, 1.807) is 6.20 Å². The van der Waals surface area contributed by atoms with Crippen LogP contribution in [-0.4, -0.2) is 21.7 Å². The molecule has 7 heteroatoms. The van der Waals surface area contributed by atoms with Crippen molar-refractivity contribution in [3.63, 3.8) is 0 Å². The van der Waals surface area contributed by atoms with Crippen molar-refractivity contribution in [2.24, 2.45) is 0 Å². The Morgan fingerprint density at radius 2 is 1.75 bits per heavy atom. The number of halogens is 2. The normalized spacial score (nSPS) is 10.4. The zero-order chi connectivity index (χ0) is 16.8. The van der Waals surface area contributed by atoms with Gasteiger partial charge in [-0.2, -0.15) is 10.1 Å². The maximum Gasteiger partial charge on any atom is 0.244 e. The van der Waals surface area contributed by atoms with Crippen LogP contribution in [0.3, 0.4) is 0 Å². The fourth-order valence-corrected chi connectivity index (χ4v) is 2.42. The molecule has 24 heavy (non-hydrogen) atoms. The van der Waals surface area contributed by atoms with Crippen molar-refractivity contribution in [1.82, 2.24) is 15.2 Å². The van der Waals surface area contributed by atoms with Crippen LogP contribution in [0.25, 0.3) is 0 Å². The fraction of sp³-hybridized carbons (Fsp3) is 0.118. The molecule has 0 atom stereocenters. The first-order valence-corrected chi connectivity index (χ1v) is 8.16. The fourth-order valence-electron chi connectivity index (χ4n) is 2.11. The third kappa shape index (κ3) is 4.57. The van der Waals surface area contributed by atoms with Crippen molar-refractivity contribution in [1.29, 1.82) is 0 Å². The van der Waals surface area contributed by atoms with Crippen LogP contribution in [0.15, 0.2) is 54.7 Å². The summed E-state index contributed by atoms with van der Waals surface area (Å²) >= 11 is 12.0. The number of para-hydroxylation sites is 1. The van der Waals surface area contributed by atoms with Gasteiger partial charge in [-0.05, 0) is 36.2 Å². The highest BCUT2D eigenvalue weighted by Gasteiger charge is 2.03. The molecule has 0 aliphatic heterocycles. The Labute approximate surface area is 150 Å². The van der Waals surface area contributed by atoms with Crippen molar-refractivity contribution in [2.45, 2.75) is 6.42 Å². The molecule has 3 aromatic rings. The molecule has 1 aromatic heterocycles. The number of nitrogens with one attached hydrogen (secondary N) is 2. The average molecular weight is 360 g/mol. The monoisotopic (exact) mass is 359 g/mol. The third-order valence-electron chi connectivity index (χ3n) is 3.31. The van der Waals surface area contributed by atoms with Crippen LogP contribution in [-0.2, 0) is 6.42 Å². The van der Waals surface area contributed by atoms with Gasteiger partial charge in [-0.15, -0.1) is 5.10 Å². The molecular formula is C17H15Cl2N5. The predicted molar refractivity (Wildman–Crippen MR) is 98.2 cm³/mol. The molecule has 0 bridgehead atoms. The summed E-state index contributed by atoms with van der Waals surface area (Å²) in [5.74, 6) is 1.04. The predicted octanol–water partition coefficient (Wildman–Crippen LogP) is 4.58. The van der Waals surface area contributed by atoms with E-state index in [1.165, 1.54) is 5.56 Å². The number of benzene rings is 2. The number of rotatable bonds is 6. The zero-order valence-electron chi connectivity index (χ0n) is 12.7. The lowest BCUT2D eigenvalue weighted by Crippen LogP contribution is -2.09. The van der Waals surface area contributed by atoms with Crippen molar-refractivity contribution in [3.8, 4) is 0 Å². The first-order chi connectivity index (χ1) is 11.7. The van der Waals surface area contributed by atoms with Gasteiger partial charge in [-0.25, -0.2) is 0 Å². The van der Waals surface area contributed by atoms with E-state index in [9.17, 15) is 0 Å². The smallest absolute Gasteiger partial charge is 0.244 e. The Hall–Kier alpha value is -2.37. The maximum atomic E-state index is 6.13. The molecule has 0 aliphatic rings. The summed E-state index contributed by atoms with van der Waals surface area (Å²) in [6.07, 6.45) is 2.39. The minimum Gasteiger partial charge on any atom is -0.353 e. The lowest BCUT2D eigenvalue weighted by Gasteiger charge is -2.09. The van der Waals surface area contributed by atoms with Crippen molar-refractivity contribution >= 4 is 40.7 Å². The number of hydrogen-bond acceptors (Lipinski definition) is 5. The van der Waals surface area contributed by atoms with Crippen LogP contribution in [0.4, 0.5) is 17.5 Å². The Balaban J connectivity index is 1.59. The Morgan fingerprint density at radius 1 is 0.958 bits per heavy atom. The van der Waals surface area contributed by atoms with E-state index in [1.807, 2.05) is 48.5 Å².